The minimum atomic E-state index is -0.399. The summed E-state index contributed by atoms with van der Waals surface area (Å²) in [4.78, 5) is 10.6. The molecule has 104 valence electrons. The quantitative estimate of drug-likeness (QED) is 0.650. The van der Waals surface area contributed by atoms with Crippen LogP contribution in [-0.2, 0) is 6.54 Å². The van der Waals surface area contributed by atoms with Crippen molar-refractivity contribution >= 4 is 34.6 Å². The Balaban J connectivity index is 2.18. The third-order valence-electron chi connectivity index (χ3n) is 2.82. The molecule has 0 unspecified atom stereocenters. The van der Waals surface area contributed by atoms with Crippen molar-refractivity contribution in [2.24, 2.45) is 0 Å². The second-order valence-electron chi connectivity index (χ2n) is 4.38. The van der Waals surface area contributed by atoms with Gasteiger partial charge in [-0.1, -0.05) is 35.3 Å². The molecular formula is C14H12Cl2N2O2. The number of anilines is 1. The summed E-state index contributed by atoms with van der Waals surface area (Å²) >= 11 is 11.8. The lowest BCUT2D eigenvalue weighted by Crippen LogP contribution is -2.03. The highest BCUT2D eigenvalue weighted by Gasteiger charge is 2.13. The smallest absolute Gasteiger partial charge is 0.292 e. The molecule has 0 atom stereocenters. The van der Waals surface area contributed by atoms with Gasteiger partial charge < -0.3 is 5.32 Å². The average Bonchev–Trinajstić information content (AvgIpc) is 2.41. The van der Waals surface area contributed by atoms with Crippen LogP contribution in [0.25, 0.3) is 0 Å². The molecule has 0 radical (unpaired) electrons. The fraction of sp³-hybridized carbons (Fsp3) is 0.143. The molecule has 2 aromatic carbocycles. The van der Waals surface area contributed by atoms with Gasteiger partial charge in [0.05, 0.1) is 15.0 Å². The van der Waals surface area contributed by atoms with Gasteiger partial charge in [-0.25, -0.2) is 0 Å². The lowest BCUT2D eigenvalue weighted by molar-refractivity contribution is -0.384. The van der Waals surface area contributed by atoms with Gasteiger partial charge >= 0.3 is 0 Å². The van der Waals surface area contributed by atoms with Crippen LogP contribution in [0.15, 0.2) is 36.4 Å². The van der Waals surface area contributed by atoms with E-state index in [-0.39, 0.29) is 5.69 Å². The molecule has 0 amide bonds. The zero-order valence-electron chi connectivity index (χ0n) is 10.7. The maximum Gasteiger partial charge on any atom is 0.292 e. The van der Waals surface area contributed by atoms with Gasteiger partial charge in [0.15, 0.2) is 0 Å². The number of hydrogen-bond acceptors (Lipinski definition) is 3. The third-order valence-corrected chi connectivity index (χ3v) is 3.56. The number of nitrogens with zero attached hydrogens (tertiary/aromatic N) is 1. The van der Waals surface area contributed by atoms with Gasteiger partial charge in [-0.2, -0.15) is 0 Å². The third kappa shape index (κ3) is 3.40. The molecule has 6 heteroatoms. The largest absolute Gasteiger partial charge is 0.375 e. The highest BCUT2D eigenvalue weighted by Crippen LogP contribution is 2.27. The van der Waals surface area contributed by atoms with Crippen LogP contribution in [0.1, 0.15) is 11.1 Å². The molecule has 0 saturated heterocycles. The molecule has 4 nitrogen and oxygen atoms in total. The minimum Gasteiger partial charge on any atom is -0.375 e. The van der Waals surface area contributed by atoms with Crippen LogP contribution in [-0.4, -0.2) is 4.92 Å². The van der Waals surface area contributed by atoms with Crippen LogP contribution in [0, 0.1) is 17.0 Å². The normalized spacial score (nSPS) is 10.3. The van der Waals surface area contributed by atoms with E-state index < -0.39 is 4.92 Å². The summed E-state index contributed by atoms with van der Waals surface area (Å²) in [6, 6.07) is 10.3. The van der Waals surface area contributed by atoms with Gasteiger partial charge in [0, 0.05) is 12.6 Å². The molecule has 2 aromatic rings. The monoisotopic (exact) mass is 310 g/mol. The molecule has 0 aliphatic rings. The summed E-state index contributed by atoms with van der Waals surface area (Å²) in [6.07, 6.45) is 0. The van der Waals surface area contributed by atoms with Crippen molar-refractivity contribution in [2.45, 2.75) is 13.5 Å². The molecule has 20 heavy (non-hydrogen) atoms. The van der Waals surface area contributed by atoms with Crippen molar-refractivity contribution in [1.82, 2.24) is 0 Å². The Labute approximate surface area is 126 Å². The van der Waals surface area contributed by atoms with Crippen LogP contribution in [0.5, 0.6) is 0 Å². The standard InChI is InChI=1S/C14H12Cl2N2O2/c1-9-2-5-13(14(6-9)18(19)20)17-8-10-3-4-11(15)12(16)7-10/h2-7,17H,8H2,1H3. The Morgan fingerprint density at radius 1 is 1.15 bits per heavy atom. The number of nitro groups is 1. The molecule has 0 aromatic heterocycles. The predicted octanol–water partition coefficient (Wildman–Crippen LogP) is 4.82. The van der Waals surface area contributed by atoms with Crippen LogP contribution in [0.4, 0.5) is 11.4 Å². The van der Waals surface area contributed by atoms with E-state index in [1.807, 2.05) is 19.1 Å². The van der Waals surface area contributed by atoms with E-state index in [0.29, 0.717) is 22.3 Å². The van der Waals surface area contributed by atoms with Crippen LogP contribution < -0.4 is 5.32 Å². The minimum absolute atomic E-state index is 0.0602. The second kappa shape index (κ2) is 6.11. The highest BCUT2D eigenvalue weighted by molar-refractivity contribution is 6.42. The first-order chi connectivity index (χ1) is 9.47. The second-order valence-corrected chi connectivity index (χ2v) is 5.19. The Morgan fingerprint density at radius 2 is 1.90 bits per heavy atom. The summed E-state index contributed by atoms with van der Waals surface area (Å²) in [5.74, 6) is 0. The SMILES string of the molecule is Cc1ccc(NCc2ccc(Cl)c(Cl)c2)c([N+](=O)[O-])c1. The first-order valence-corrected chi connectivity index (χ1v) is 6.66. The highest BCUT2D eigenvalue weighted by atomic mass is 35.5. The number of aryl methyl sites for hydroxylation is 1. The topological polar surface area (TPSA) is 55.2 Å². The number of nitrogens with one attached hydrogen (secondary N) is 1. The number of nitro benzene ring substituents is 1. The van der Waals surface area contributed by atoms with Gasteiger partial charge in [0.25, 0.3) is 5.69 Å². The van der Waals surface area contributed by atoms with Crippen LogP contribution in [0.3, 0.4) is 0 Å². The van der Waals surface area contributed by atoms with Crippen molar-refractivity contribution in [2.75, 3.05) is 5.32 Å². The molecule has 0 heterocycles. The van der Waals surface area contributed by atoms with E-state index in [4.69, 9.17) is 23.2 Å². The van der Waals surface area contributed by atoms with Gasteiger partial charge in [-0.15, -0.1) is 0 Å². The van der Waals surface area contributed by atoms with Gasteiger partial charge in [0.1, 0.15) is 5.69 Å². The number of benzene rings is 2. The molecule has 1 N–H and O–H groups in total. The van der Waals surface area contributed by atoms with E-state index in [1.54, 1.807) is 18.2 Å². The van der Waals surface area contributed by atoms with E-state index in [9.17, 15) is 10.1 Å². The number of hydrogen-bond donors (Lipinski definition) is 1. The van der Waals surface area contributed by atoms with E-state index in [0.717, 1.165) is 11.1 Å². The van der Waals surface area contributed by atoms with Crippen molar-refractivity contribution in [3.05, 3.63) is 67.7 Å². The summed E-state index contributed by atoms with van der Waals surface area (Å²) in [5.41, 5.74) is 2.28. The lowest BCUT2D eigenvalue weighted by Gasteiger charge is -2.08. The Hall–Kier alpha value is -1.78. The predicted molar refractivity (Wildman–Crippen MR) is 81.6 cm³/mol. The van der Waals surface area contributed by atoms with E-state index >= 15 is 0 Å². The molecule has 0 aliphatic heterocycles. The molecule has 0 fully saturated rings. The fourth-order valence-corrected chi connectivity index (χ4v) is 2.11. The van der Waals surface area contributed by atoms with Crippen LogP contribution >= 0.6 is 23.2 Å². The maximum absolute atomic E-state index is 11.0. The average molecular weight is 311 g/mol. The zero-order valence-corrected chi connectivity index (χ0v) is 12.2. The van der Waals surface area contributed by atoms with Crippen molar-refractivity contribution < 1.29 is 4.92 Å². The first-order valence-electron chi connectivity index (χ1n) is 5.90. The molecule has 0 bridgehead atoms. The van der Waals surface area contributed by atoms with E-state index in [1.165, 1.54) is 6.07 Å². The van der Waals surface area contributed by atoms with Crippen molar-refractivity contribution in [3.63, 3.8) is 0 Å². The zero-order chi connectivity index (χ0) is 14.7. The summed E-state index contributed by atoms with van der Waals surface area (Å²) in [5, 5.41) is 15.0. The Kier molecular flexibility index (Phi) is 4.47. The molecule has 0 aliphatic carbocycles. The first kappa shape index (κ1) is 14.6. The Morgan fingerprint density at radius 3 is 2.55 bits per heavy atom. The van der Waals surface area contributed by atoms with Crippen molar-refractivity contribution in [1.29, 1.82) is 0 Å². The maximum atomic E-state index is 11.0. The summed E-state index contributed by atoms with van der Waals surface area (Å²) in [7, 11) is 0. The summed E-state index contributed by atoms with van der Waals surface area (Å²) in [6.45, 7) is 2.25. The number of halogens is 2. The summed E-state index contributed by atoms with van der Waals surface area (Å²) < 4.78 is 0. The van der Waals surface area contributed by atoms with Crippen molar-refractivity contribution in [3.8, 4) is 0 Å². The fourth-order valence-electron chi connectivity index (χ4n) is 1.79. The molecule has 0 saturated carbocycles. The van der Waals surface area contributed by atoms with Crippen LogP contribution in [0.2, 0.25) is 10.0 Å². The van der Waals surface area contributed by atoms with Gasteiger partial charge in [-0.3, -0.25) is 10.1 Å². The van der Waals surface area contributed by atoms with Gasteiger partial charge in [0.2, 0.25) is 0 Å². The van der Waals surface area contributed by atoms with E-state index in [2.05, 4.69) is 5.32 Å². The molecular weight excluding hydrogens is 299 g/mol. The number of rotatable bonds is 4. The Bertz CT molecular complexity index is 660. The van der Waals surface area contributed by atoms with Gasteiger partial charge in [-0.05, 0) is 36.2 Å². The molecule has 0 spiro atoms. The lowest BCUT2D eigenvalue weighted by atomic mass is 10.1. The molecule has 2 rings (SSSR count).